The number of thioether (sulfide) groups is 2. The van der Waals surface area contributed by atoms with Crippen molar-refractivity contribution in [1.29, 1.82) is 0 Å². The fourth-order valence-electron chi connectivity index (χ4n) is 4.22. The monoisotopic (exact) mass is 518 g/mol. The van der Waals surface area contributed by atoms with E-state index in [2.05, 4.69) is 21.8 Å². The van der Waals surface area contributed by atoms with Crippen LogP contribution in [-0.4, -0.2) is 67.6 Å². The Kier molecular flexibility index (Phi) is 7.37. The van der Waals surface area contributed by atoms with Crippen molar-refractivity contribution in [2.75, 3.05) is 32.1 Å². The van der Waals surface area contributed by atoms with E-state index >= 15 is 0 Å². The first kappa shape index (κ1) is 23.6. The minimum Gasteiger partial charge on any atom is -0.378 e. The maximum atomic E-state index is 12.8. The molecule has 4 heterocycles. The summed E-state index contributed by atoms with van der Waals surface area (Å²) in [5.41, 5.74) is 1.13. The maximum Gasteiger partial charge on any atom is 0.260 e. The number of morpholine rings is 1. The molecule has 34 heavy (non-hydrogen) atoms. The highest BCUT2D eigenvalue weighted by molar-refractivity contribution is 7.99. The molecule has 9 nitrogen and oxygen atoms in total. The zero-order valence-corrected chi connectivity index (χ0v) is 21.2. The first-order chi connectivity index (χ1) is 16.6. The summed E-state index contributed by atoms with van der Waals surface area (Å²) in [6.45, 7) is 6.81. The molecule has 1 aliphatic carbocycles. The number of ether oxygens (including phenoxy) is 1. The fraction of sp³-hybridized carbons (Fsp3) is 0.500. The number of thiophene rings is 1. The van der Waals surface area contributed by atoms with Crippen molar-refractivity contribution < 1.29 is 9.53 Å². The van der Waals surface area contributed by atoms with Crippen LogP contribution in [0.2, 0.25) is 0 Å². The Bertz CT molecular complexity index is 1260. The third-order valence-electron chi connectivity index (χ3n) is 5.93. The van der Waals surface area contributed by atoms with Crippen LogP contribution in [0.5, 0.6) is 0 Å². The number of aromatic amines is 1. The van der Waals surface area contributed by atoms with Crippen molar-refractivity contribution in [2.24, 2.45) is 0 Å². The highest BCUT2D eigenvalue weighted by Crippen LogP contribution is 2.34. The number of H-pyrrole nitrogens is 1. The zero-order valence-electron chi connectivity index (χ0n) is 18.7. The van der Waals surface area contributed by atoms with Gasteiger partial charge in [0, 0.05) is 24.5 Å². The molecule has 1 fully saturated rings. The summed E-state index contributed by atoms with van der Waals surface area (Å²) in [6, 6.07) is 0. The lowest BCUT2D eigenvalue weighted by Gasteiger charge is -2.26. The summed E-state index contributed by atoms with van der Waals surface area (Å²) < 4.78 is 7.27. The molecule has 0 atom stereocenters. The predicted molar refractivity (Wildman–Crippen MR) is 135 cm³/mol. The second kappa shape index (κ2) is 10.6. The van der Waals surface area contributed by atoms with Gasteiger partial charge >= 0.3 is 0 Å². The summed E-state index contributed by atoms with van der Waals surface area (Å²) in [7, 11) is 0. The Hall–Kier alpha value is -2.15. The lowest BCUT2D eigenvalue weighted by molar-refractivity contribution is -0.132. The zero-order chi connectivity index (χ0) is 23.5. The molecule has 2 aliphatic rings. The molecule has 0 spiro atoms. The molecule has 180 valence electrons. The summed E-state index contributed by atoms with van der Waals surface area (Å²) >= 11 is 4.46. The number of nitrogens with zero attached hydrogens (tertiary/aromatic N) is 5. The average molecular weight is 519 g/mol. The van der Waals surface area contributed by atoms with Gasteiger partial charge in [0.25, 0.3) is 5.56 Å². The fourth-order valence-corrected chi connectivity index (χ4v) is 7.21. The molecule has 3 aromatic heterocycles. The molecule has 1 N–H and O–H groups in total. The molecule has 1 aliphatic heterocycles. The van der Waals surface area contributed by atoms with Crippen LogP contribution in [-0.2, 0) is 34.7 Å². The van der Waals surface area contributed by atoms with Crippen LogP contribution >= 0.6 is 34.9 Å². The molecule has 0 bridgehead atoms. The second-order valence-corrected chi connectivity index (χ2v) is 11.1. The SMILES string of the molecule is C=CCn1c(CSc2nc3sc4c(c3c(=O)[nH]2)CCCC4)nnc1SCC(=O)N1CCOCC1. The van der Waals surface area contributed by atoms with Crippen LogP contribution in [0.15, 0.2) is 27.8 Å². The molecule has 5 rings (SSSR count). The number of allylic oxidation sites excluding steroid dienone is 1. The molecule has 0 aromatic carbocycles. The third-order valence-corrected chi connectivity index (χ3v) is 8.94. The van der Waals surface area contributed by atoms with Crippen LogP contribution < -0.4 is 5.56 Å². The Balaban J connectivity index is 1.28. The van der Waals surface area contributed by atoms with E-state index in [1.165, 1.54) is 40.4 Å². The highest BCUT2D eigenvalue weighted by Gasteiger charge is 2.21. The Labute approximate surface area is 209 Å². The quantitative estimate of drug-likeness (QED) is 0.276. The molecule has 12 heteroatoms. The number of aryl methyl sites for hydroxylation is 2. The van der Waals surface area contributed by atoms with E-state index in [9.17, 15) is 9.59 Å². The van der Waals surface area contributed by atoms with Gasteiger partial charge in [0.05, 0.1) is 30.1 Å². The smallest absolute Gasteiger partial charge is 0.260 e. The normalized spacial score (nSPS) is 16.1. The van der Waals surface area contributed by atoms with Crippen molar-refractivity contribution in [3.05, 3.63) is 39.3 Å². The van der Waals surface area contributed by atoms with Crippen molar-refractivity contribution in [2.45, 2.75) is 48.3 Å². The molecular weight excluding hydrogens is 492 g/mol. The number of hydrogen-bond donors (Lipinski definition) is 1. The number of fused-ring (bicyclic) bond motifs is 3. The van der Waals surface area contributed by atoms with E-state index in [4.69, 9.17) is 9.72 Å². The van der Waals surface area contributed by atoms with Crippen molar-refractivity contribution >= 4 is 51.0 Å². The second-order valence-electron chi connectivity index (χ2n) is 8.13. The molecular formula is C22H26N6O3S3. The summed E-state index contributed by atoms with van der Waals surface area (Å²) in [5.74, 6) is 1.63. The number of rotatable bonds is 8. The number of amides is 1. The minimum atomic E-state index is -0.0580. The van der Waals surface area contributed by atoms with Gasteiger partial charge in [0.2, 0.25) is 5.91 Å². The Morgan fingerprint density at radius 3 is 2.85 bits per heavy atom. The minimum absolute atomic E-state index is 0.0580. The van der Waals surface area contributed by atoms with Crippen LogP contribution in [0, 0.1) is 0 Å². The molecule has 0 saturated carbocycles. The molecule has 1 saturated heterocycles. The van der Waals surface area contributed by atoms with E-state index < -0.39 is 0 Å². The van der Waals surface area contributed by atoms with Gasteiger partial charge in [0.1, 0.15) is 10.7 Å². The lowest BCUT2D eigenvalue weighted by Crippen LogP contribution is -2.41. The summed E-state index contributed by atoms with van der Waals surface area (Å²) in [6.07, 6.45) is 6.10. The van der Waals surface area contributed by atoms with E-state index in [0.717, 1.165) is 35.3 Å². The van der Waals surface area contributed by atoms with Gasteiger partial charge in [-0.1, -0.05) is 29.6 Å². The molecule has 3 aromatic rings. The van der Waals surface area contributed by atoms with Gasteiger partial charge in [-0.05, 0) is 31.2 Å². The van der Waals surface area contributed by atoms with Crippen LogP contribution in [0.4, 0.5) is 0 Å². The van der Waals surface area contributed by atoms with Gasteiger partial charge in [-0.15, -0.1) is 28.1 Å². The number of carbonyl (C=O) groups excluding carboxylic acids is 1. The van der Waals surface area contributed by atoms with Gasteiger partial charge < -0.3 is 19.2 Å². The van der Waals surface area contributed by atoms with Crippen LogP contribution in [0.25, 0.3) is 10.2 Å². The summed E-state index contributed by atoms with van der Waals surface area (Å²) in [4.78, 5) is 36.9. The number of nitrogens with one attached hydrogen (secondary N) is 1. The predicted octanol–water partition coefficient (Wildman–Crippen LogP) is 2.88. The topological polar surface area (TPSA) is 106 Å². The van der Waals surface area contributed by atoms with Gasteiger partial charge in [0.15, 0.2) is 10.3 Å². The Morgan fingerprint density at radius 1 is 1.21 bits per heavy atom. The van der Waals surface area contributed by atoms with Crippen molar-refractivity contribution in [1.82, 2.24) is 29.6 Å². The van der Waals surface area contributed by atoms with E-state index in [0.29, 0.717) is 54.7 Å². The lowest BCUT2D eigenvalue weighted by atomic mass is 9.97. The average Bonchev–Trinajstić information content (AvgIpc) is 3.43. The van der Waals surface area contributed by atoms with Gasteiger partial charge in [-0.25, -0.2) is 4.98 Å². The van der Waals surface area contributed by atoms with E-state index in [1.807, 2.05) is 9.47 Å². The Morgan fingerprint density at radius 2 is 2.03 bits per heavy atom. The van der Waals surface area contributed by atoms with Gasteiger partial charge in [-0.2, -0.15) is 0 Å². The third kappa shape index (κ3) is 4.95. The first-order valence-corrected chi connectivity index (χ1v) is 14.1. The first-order valence-electron chi connectivity index (χ1n) is 11.3. The number of hydrogen-bond acceptors (Lipinski definition) is 9. The summed E-state index contributed by atoms with van der Waals surface area (Å²) in [5, 5.41) is 10.7. The van der Waals surface area contributed by atoms with Crippen LogP contribution in [0.1, 0.15) is 29.1 Å². The molecule has 0 unspecified atom stereocenters. The highest BCUT2D eigenvalue weighted by atomic mass is 32.2. The maximum absolute atomic E-state index is 12.8. The van der Waals surface area contributed by atoms with E-state index in [1.54, 1.807) is 17.4 Å². The molecule has 1 amide bonds. The number of aromatic nitrogens is 5. The molecule has 0 radical (unpaired) electrons. The van der Waals surface area contributed by atoms with Crippen molar-refractivity contribution in [3.8, 4) is 0 Å². The standard InChI is InChI=1S/C22H26N6O3S3/c1-2-7-28-16(25-26-22(28)33-13-17(29)27-8-10-31-11-9-27)12-32-21-23-19(30)18-14-5-3-4-6-15(14)34-20(18)24-21/h2H,1,3-13H2,(H,23,24,30). The van der Waals surface area contributed by atoms with E-state index in [-0.39, 0.29) is 11.5 Å². The largest absolute Gasteiger partial charge is 0.378 e. The van der Waals surface area contributed by atoms with Crippen LogP contribution in [0.3, 0.4) is 0 Å². The van der Waals surface area contributed by atoms with Crippen molar-refractivity contribution in [3.63, 3.8) is 0 Å². The van der Waals surface area contributed by atoms with Gasteiger partial charge in [-0.3, -0.25) is 9.59 Å². The number of carbonyl (C=O) groups is 1.